The van der Waals surface area contributed by atoms with Crippen LogP contribution < -0.4 is 15.8 Å². The molecule has 26 heavy (non-hydrogen) atoms. The van der Waals surface area contributed by atoms with Gasteiger partial charge in [-0.15, -0.1) is 0 Å². The number of carbonyl (C=O) groups is 2. The number of ether oxygens (including phenoxy) is 1. The molecule has 6 nitrogen and oxygen atoms in total. The van der Waals surface area contributed by atoms with Gasteiger partial charge >= 0.3 is 0 Å². The Morgan fingerprint density at radius 3 is 2.62 bits per heavy atom. The fourth-order valence-corrected chi connectivity index (χ4v) is 3.25. The zero-order valence-electron chi connectivity index (χ0n) is 14.6. The third-order valence-electron chi connectivity index (χ3n) is 4.93. The van der Waals surface area contributed by atoms with E-state index in [-0.39, 0.29) is 29.7 Å². The first-order valence-electron chi connectivity index (χ1n) is 8.80. The molecule has 2 fully saturated rings. The lowest BCUT2D eigenvalue weighted by atomic mass is 9.91. The highest BCUT2D eigenvalue weighted by atomic mass is 19.3. The van der Waals surface area contributed by atoms with Gasteiger partial charge in [0, 0.05) is 29.8 Å². The summed E-state index contributed by atoms with van der Waals surface area (Å²) in [4.78, 5) is 28.2. The predicted molar refractivity (Wildman–Crippen MR) is 90.1 cm³/mol. The molecule has 0 aromatic carbocycles. The van der Waals surface area contributed by atoms with E-state index in [1.165, 1.54) is 12.3 Å². The van der Waals surface area contributed by atoms with E-state index in [0.717, 1.165) is 31.2 Å². The van der Waals surface area contributed by atoms with Crippen LogP contribution in [0.5, 0.6) is 5.75 Å². The number of rotatable bonds is 9. The molecule has 0 unspecified atom stereocenters. The average Bonchev–Trinajstić information content (AvgIpc) is 3.44. The van der Waals surface area contributed by atoms with Crippen LogP contribution in [-0.2, 0) is 4.79 Å². The monoisotopic (exact) mass is 367 g/mol. The molecule has 1 heterocycles. The van der Waals surface area contributed by atoms with Gasteiger partial charge in [-0.05, 0) is 44.4 Å². The van der Waals surface area contributed by atoms with Crippen LogP contribution in [0, 0.1) is 5.92 Å². The van der Waals surface area contributed by atoms with Crippen molar-refractivity contribution >= 4 is 11.8 Å². The number of nitrogens with zero attached hydrogens (tertiary/aromatic N) is 1. The fraction of sp³-hybridized carbons (Fsp3) is 0.611. The van der Waals surface area contributed by atoms with Gasteiger partial charge in [0.25, 0.3) is 12.3 Å². The molecular weight excluding hydrogens is 344 g/mol. The van der Waals surface area contributed by atoms with Crippen molar-refractivity contribution < 1.29 is 23.1 Å². The van der Waals surface area contributed by atoms with Crippen molar-refractivity contribution in [3.8, 4) is 5.75 Å². The average molecular weight is 367 g/mol. The molecule has 2 saturated carbocycles. The Kier molecular flexibility index (Phi) is 5.11. The van der Waals surface area contributed by atoms with E-state index in [0.29, 0.717) is 0 Å². The van der Waals surface area contributed by atoms with E-state index in [2.05, 4.69) is 10.3 Å². The van der Waals surface area contributed by atoms with E-state index in [1.54, 1.807) is 6.92 Å². The number of nitrogens with one attached hydrogen (secondary N) is 1. The maximum Gasteiger partial charge on any atom is 0.272 e. The van der Waals surface area contributed by atoms with Gasteiger partial charge in [0.1, 0.15) is 18.1 Å². The maximum atomic E-state index is 12.6. The van der Waals surface area contributed by atoms with Crippen LogP contribution in [0.2, 0.25) is 0 Å². The summed E-state index contributed by atoms with van der Waals surface area (Å²) in [5.74, 6) is -0.239. The maximum absolute atomic E-state index is 12.6. The normalized spacial score (nSPS) is 19.1. The molecule has 3 N–H and O–H groups in total. The van der Waals surface area contributed by atoms with Crippen molar-refractivity contribution in [3.05, 3.63) is 23.5 Å². The molecule has 3 rings (SSSR count). The zero-order valence-corrected chi connectivity index (χ0v) is 14.6. The van der Waals surface area contributed by atoms with Crippen LogP contribution in [0.25, 0.3) is 0 Å². The molecule has 0 spiro atoms. The van der Waals surface area contributed by atoms with Crippen LogP contribution in [0.15, 0.2) is 12.3 Å². The third kappa shape index (κ3) is 4.47. The van der Waals surface area contributed by atoms with Crippen LogP contribution in [0.4, 0.5) is 8.78 Å². The smallest absolute Gasteiger partial charge is 0.272 e. The molecule has 0 saturated heterocycles. The van der Waals surface area contributed by atoms with Crippen molar-refractivity contribution in [1.29, 1.82) is 0 Å². The number of aromatic nitrogens is 1. The summed E-state index contributed by atoms with van der Waals surface area (Å²) in [5.41, 5.74) is 5.41. The lowest BCUT2D eigenvalue weighted by Crippen LogP contribution is -2.50. The number of primary amides is 1. The molecule has 0 bridgehead atoms. The lowest BCUT2D eigenvalue weighted by Gasteiger charge is -2.29. The van der Waals surface area contributed by atoms with E-state index in [4.69, 9.17) is 10.5 Å². The molecule has 1 aromatic rings. The summed E-state index contributed by atoms with van der Waals surface area (Å²) in [6.07, 6.45) is 2.71. The highest BCUT2D eigenvalue weighted by Gasteiger charge is 2.44. The zero-order chi connectivity index (χ0) is 18.9. The second-order valence-corrected chi connectivity index (χ2v) is 7.37. The number of amides is 2. The molecule has 8 heteroatoms. The number of hydrogen-bond acceptors (Lipinski definition) is 4. The standard InChI is InChI=1S/C18H23F2N3O3/c1-18(7-16(21)24,11-4-5-11)23-17(25)13-6-14(26-9-15(19)20)12(8-22-13)10-2-3-10/h6,8,10-11,15H,2-5,7,9H2,1H3,(H2,21,24)(H,23,25)/t18-/m0/s1. The highest BCUT2D eigenvalue weighted by molar-refractivity contribution is 5.93. The number of pyridine rings is 1. The van der Waals surface area contributed by atoms with Crippen molar-refractivity contribution in [2.45, 2.75) is 56.9 Å². The van der Waals surface area contributed by atoms with Crippen molar-refractivity contribution in [1.82, 2.24) is 10.3 Å². The fourth-order valence-electron chi connectivity index (χ4n) is 3.25. The van der Waals surface area contributed by atoms with Gasteiger partial charge in [0.2, 0.25) is 5.91 Å². The first kappa shape index (κ1) is 18.5. The van der Waals surface area contributed by atoms with E-state index in [1.807, 2.05) is 0 Å². The molecule has 1 aromatic heterocycles. The third-order valence-corrected chi connectivity index (χ3v) is 4.93. The van der Waals surface area contributed by atoms with Gasteiger partial charge in [0.05, 0.1) is 0 Å². The number of alkyl halides is 2. The number of carbonyl (C=O) groups excluding carboxylic acids is 2. The van der Waals surface area contributed by atoms with Gasteiger partial charge in [-0.1, -0.05) is 0 Å². The second kappa shape index (κ2) is 7.17. The molecule has 2 aliphatic carbocycles. The number of halogens is 2. The quantitative estimate of drug-likeness (QED) is 0.701. The Balaban J connectivity index is 1.77. The summed E-state index contributed by atoms with van der Waals surface area (Å²) in [7, 11) is 0. The molecule has 0 radical (unpaired) electrons. The summed E-state index contributed by atoms with van der Waals surface area (Å²) >= 11 is 0. The van der Waals surface area contributed by atoms with Crippen molar-refractivity contribution in [3.63, 3.8) is 0 Å². The van der Waals surface area contributed by atoms with Crippen LogP contribution in [0.3, 0.4) is 0 Å². The van der Waals surface area contributed by atoms with Crippen LogP contribution in [-0.4, -0.2) is 35.4 Å². The highest BCUT2D eigenvalue weighted by Crippen LogP contribution is 2.44. The Bertz CT molecular complexity index is 705. The first-order valence-corrected chi connectivity index (χ1v) is 8.80. The Morgan fingerprint density at radius 2 is 2.08 bits per heavy atom. The molecular formula is C18H23F2N3O3. The van der Waals surface area contributed by atoms with Gasteiger partial charge in [-0.2, -0.15) is 0 Å². The van der Waals surface area contributed by atoms with E-state index >= 15 is 0 Å². The Hall–Kier alpha value is -2.25. The topological polar surface area (TPSA) is 94.3 Å². The summed E-state index contributed by atoms with van der Waals surface area (Å²) in [6, 6.07) is 1.41. The minimum absolute atomic E-state index is 0.0400. The lowest BCUT2D eigenvalue weighted by molar-refractivity contribution is -0.119. The van der Waals surface area contributed by atoms with Gasteiger partial charge in [-0.3, -0.25) is 14.6 Å². The molecule has 2 amide bonds. The van der Waals surface area contributed by atoms with Crippen molar-refractivity contribution in [2.24, 2.45) is 11.7 Å². The van der Waals surface area contributed by atoms with Crippen LogP contribution in [0.1, 0.15) is 61.0 Å². The van der Waals surface area contributed by atoms with Gasteiger partial charge in [-0.25, -0.2) is 8.78 Å². The summed E-state index contributed by atoms with van der Waals surface area (Å²) in [5, 5.41) is 2.85. The molecule has 0 aliphatic heterocycles. The minimum Gasteiger partial charge on any atom is -0.487 e. The Labute approximate surface area is 150 Å². The molecule has 2 aliphatic rings. The largest absolute Gasteiger partial charge is 0.487 e. The SMILES string of the molecule is C[C@@](CC(N)=O)(NC(=O)c1cc(OCC(F)F)c(C2CC2)cn1)C1CC1. The second-order valence-electron chi connectivity index (χ2n) is 7.37. The van der Waals surface area contributed by atoms with E-state index in [9.17, 15) is 18.4 Å². The predicted octanol–water partition coefficient (Wildman–Crippen LogP) is 2.38. The molecule has 142 valence electrons. The number of nitrogens with two attached hydrogens (primary N) is 1. The minimum atomic E-state index is -2.60. The van der Waals surface area contributed by atoms with Crippen molar-refractivity contribution in [2.75, 3.05) is 6.61 Å². The van der Waals surface area contributed by atoms with Gasteiger partial charge < -0.3 is 15.8 Å². The van der Waals surface area contributed by atoms with E-state index < -0.39 is 30.4 Å². The number of hydrogen-bond donors (Lipinski definition) is 2. The van der Waals surface area contributed by atoms with Crippen LogP contribution >= 0.6 is 0 Å². The molecule has 1 atom stereocenters. The summed E-state index contributed by atoms with van der Waals surface area (Å²) < 4.78 is 30.2. The van der Waals surface area contributed by atoms with Gasteiger partial charge in [0.15, 0.2) is 0 Å². The first-order chi connectivity index (χ1) is 12.3. The summed E-state index contributed by atoms with van der Waals surface area (Å²) in [6.45, 7) is 1.06. The Morgan fingerprint density at radius 1 is 1.38 bits per heavy atom.